The van der Waals surface area contributed by atoms with E-state index >= 15 is 0 Å². The third-order valence-corrected chi connectivity index (χ3v) is 1.98. The van der Waals surface area contributed by atoms with Crippen molar-refractivity contribution in [1.82, 2.24) is 0 Å². The van der Waals surface area contributed by atoms with Crippen LogP contribution in [0.25, 0.3) is 0 Å². The van der Waals surface area contributed by atoms with Crippen molar-refractivity contribution in [3.8, 4) is 5.75 Å². The molecule has 102 valence electrons. The first-order valence-corrected chi connectivity index (χ1v) is 4.48. The van der Waals surface area contributed by atoms with Crippen molar-refractivity contribution in [3.05, 3.63) is 23.8 Å². The minimum atomic E-state index is -5.05. The predicted molar refractivity (Wildman–Crippen MR) is 50.5 cm³/mol. The highest BCUT2D eigenvalue weighted by Crippen LogP contribution is 2.35. The highest BCUT2D eigenvalue weighted by Gasteiger charge is 2.39. The van der Waals surface area contributed by atoms with Gasteiger partial charge in [0.25, 0.3) is 0 Å². The summed E-state index contributed by atoms with van der Waals surface area (Å²) in [7, 11) is 0. The summed E-state index contributed by atoms with van der Waals surface area (Å²) in [6.45, 7) is 0. The molecule has 0 saturated heterocycles. The van der Waals surface area contributed by atoms with Gasteiger partial charge < -0.3 is 16.2 Å². The highest BCUT2D eigenvalue weighted by atomic mass is 19.4. The molecule has 1 atom stereocenters. The lowest BCUT2D eigenvalue weighted by Gasteiger charge is -2.18. The van der Waals surface area contributed by atoms with Gasteiger partial charge in [0.2, 0.25) is 0 Å². The molecule has 0 fully saturated rings. The van der Waals surface area contributed by atoms with Crippen molar-refractivity contribution in [2.24, 2.45) is 5.73 Å². The summed E-state index contributed by atoms with van der Waals surface area (Å²) >= 11 is 0. The van der Waals surface area contributed by atoms with Gasteiger partial charge >= 0.3 is 12.5 Å². The van der Waals surface area contributed by atoms with E-state index < -0.39 is 35.6 Å². The van der Waals surface area contributed by atoms with Gasteiger partial charge in [-0.25, -0.2) is 0 Å². The fourth-order valence-electron chi connectivity index (χ4n) is 1.15. The summed E-state index contributed by atoms with van der Waals surface area (Å²) in [6, 6.07) is -0.145. The Bertz CT molecular complexity index is 428. The first kappa shape index (κ1) is 14.4. The summed E-state index contributed by atoms with van der Waals surface area (Å²) in [6.07, 6.45) is -9.82. The van der Waals surface area contributed by atoms with Gasteiger partial charge in [0.15, 0.2) is 5.75 Å². The lowest BCUT2D eigenvalue weighted by Crippen LogP contribution is -2.28. The summed E-state index contributed by atoms with van der Waals surface area (Å²) in [5.41, 5.74) is 9.00. The van der Waals surface area contributed by atoms with E-state index in [9.17, 15) is 26.3 Å². The molecule has 0 spiro atoms. The van der Waals surface area contributed by atoms with Crippen molar-refractivity contribution in [2.75, 3.05) is 5.73 Å². The number of ether oxygens (including phenoxy) is 1. The maximum atomic E-state index is 12.3. The Kier molecular flexibility index (Phi) is 3.65. The zero-order valence-electron chi connectivity index (χ0n) is 8.64. The minimum absolute atomic E-state index is 0.439. The molecular weight excluding hydrogens is 266 g/mol. The van der Waals surface area contributed by atoms with Crippen LogP contribution in [0.3, 0.4) is 0 Å². The number of hydrogen-bond donors (Lipinski definition) is 2. The van der Waals surface area contributed by atoms with Crippen LogP contribution in [0, 0.1) is 0 Å². The molecule has 0 aliphatic carbocycles. The smallest absolute Gasteiger partial charge is 0.404 e. The number of halogens is 6. The van der Waals surface area contributed by atoms with E-state index in [1.165, 1.54) is 0 Å². The van der Waals surface area contributed by atoms with E-state index in [2.05, 4.69) is 4.74 Å². The average Bonchev–Trinajstić information content (AvgIpc) is 2.17. The fourth-order valence-corrected chi connectivity index (χ4v) is 1.15. The number of hydrogen-bond acceptors (Lipinski definition) is 3. The number of benzene rings is 1. The molecule has 3 nitrogen and oxygen atoms in total. The van der Waals surface area contributed by atoms with Gasteiger partial charge in [0.05, 0.1) is 5.69 Å². The van der Waals surface area contributed by atoms with Crippen LogP contribution in [0.15, 0.2) is 18.2 Å². The second-order valence-electron chi connectivity index (χ2n) is 3.36. The summed E-state index contributed by atoms with van der Waals surface area (Å²) in [5, 5.41) is 0. The quantitative estimate of drug-likeness (QED) is 0.644. The molecule has 0 saturated carbocycles. The molecule has 1 rings (SSSR count). The molecule has 4 N–H and O–H groups in total. The van der Waals surface area contributed by atoms with Gasteiger partial charge in [-0.3, -0.25) is 0 Å². The lowest BCUT2D eigenvalue weighted by atomic mass is 10.1. The molecule has 1 aromatic rings. The Balaban J connectivity index is 3.08. The third kappa shape index (κ3) is 3.69. The van der Waals surface area contributed by atoms with E-state index in [0.29, 0.717) is 6.07 Å². The second kappa shape index (κ2) is 4.56. The van der Waals surface area contributed by atoms with Crippen LogP contribution in [0.5, 0.6) is 5.75 Å². The van der Waals surface area contributed by atoms with Crippen molar-refractivity contribution >= 4 is 5.69 Å². The van der Waals surface area contributed by atoms with Gasteiger partial charge in [0, 0.05) is 0 Å². The van der Waals surface area contributed by atoms with E-state index in [1.54, 1.807) is 0 Å². The maximum Gasteiger partial charge on any atom is 0.573 e. The van der Waals surface area contributed by atoms with E-state index in [0.717, 1.165) is 12.1 Å². The van der Waals surface area contributed by atoms with Crippen molar-refractivity contribution in [1.29, 1.82) is 0 Å². The van der Waals surface area contributed by atoms with E-state index in [1.807, 2.05) is 0 Å². The van der Waals surface area contributed by atoms with Gasteiger partial charge in [0.1, 0.15) is 6.04 Å². The van der Waals surface area contributed by atoms with Gasteiger partial charge in [-0.2, -0.15) is 13.2 Å². The Morgan fingerprint density at radius 3 is 2.06 bits per heavy atom. The molecule has 0 bridgehead atoms. The number of nitrogen functional groups attached to an aromatic ring is 1. The van der Waals surface area contributed by atoms with Crippen LogP contribution >= 0.6 is 0 Å². The van der Waals surface area contributed by atoms with Crippen LogP contribution in [-0.4, -0.2) is 12.5 Å². The molecule has 1 aromatic carbocycles. The Hall–Kier alpha value is -1.64. The molecule has 0 amide bonds. The van der Waals surface area contributed by atoms with Gasteiger partial charge in [-0.05, 0) is 17.7 Å². The monoisotopic (exact) mass is 274 g/mol. The lowest BCUT2D eigenvalue weighted by molar-refractivity contribution is -0.274. The zero-order chi connectivity index (χ0) is 14.1. The Labute approximate surface area is 97.3 Å². The average molecular weight is 274 g/mol. The minimum Gasteiger partial charge on any atom is -0.404 e. The van der Waals surface area contributed by atoms with Gasteiger partial charge in [-0.15, -0.1) is 13.2 Å². The fraction of sp³-hybridized carbons (Fsp3) is 0.333. The molecule has 9 heteroatoms. The van der Waals surface area contributed by atoms with Crippen LogP contribution in [0.4, 0.5) is 32.0 Å². The molecule has 0 unspecified atom stereocenters. The van der Waals surface area contributed by atoms with Crippen molar-refractivity contribution < 1.29 is 31.1 Å². The largest absolute Gasteiger partial charge is 0.573 e. The molecule has 0 heterocycles. The SMILES string of the molecule is Nc1ccc([C@H](N)C(F)(F)F)cc1OC(F)(F)F. The van der Waals surface area contributed by atoms with Crippen molar-refractivity contribution in [3.63, 3.8) is 0 Å². The van der Waals surface area contributed by atoms with Crippen LogP contribution in [-0.2, 0) is 0 Å². The number of rotatable bonds is 2. The predicted octanol–water partition coefficient (Wildman–Crippen LogP) is 2.73. The molecule has 0 aliphatic heterocycles. The Morgan fingerprint density at radius 1 is 1.06 bits per heavy atom. The normalized spacial score (nSPS) is 14.4. The summed E-state index contributed by atoms with van der Waals surface area (Å²) in [5.74, 6) is -0.917. The molecule has 0 aliphatic rings. The molecule has 0 aromatic heterocycles. The van der Waals surface area contributed by atoms with Crippen molar-refractivity contribution in [2.45, 2.75) is 18.6 Å². The molecule has 0 radical (unpaired) electrons. The Morgan fingerprint density at radius 2 is 1.61 bits per heavy atom. The van der Waals surface area contributed by atoms with Crippen LogP contribution < -0.4 is 16.2 Å². The first-order chi connectivity index (χ1) is 8.00. The first-order valence-electron chi connectivity index (χ1n) is 4.48. The maximum absolute atomic E-state index is 12.3. The molecular formula is C9H8F6N2O. The summed E-state index contributed by atoms with van der Waals surface area (Å²) < 4.78 is 76.2. The van der Waals surface area contributed by atoms with Crippen LogP contribution in [0.1, 0.15) is 11.6 Å². The standard InChI is InChI=1S/C9H8F6N2O/c10-8(11,12)7(17)4-1-2-5(16)6(3-4)18-9(13,14)15/h1-3,7H,16-17H2/t7-/m0/s1. The van der Waals surface area contributed by atoms with E-state index in [-0.39, 0.29) is 0 Å². The number of nitrogens with two attached hydrogens (primary N) is 2. The second-order valence-corrected chi connectivity index (χ2v) is 3.36. The van der Waals surface area contributed by atoms with Gasteiger partial charge in [-0.1, -0.05) is 6.07 Å². The number of anilines is 1. The summed E-state index contributed by atoms with van der Waals surface area (Å²) in [4.78, 5) is 0. The van der Waals surface area contributed by atoms with E-state index in [4.69, 9.17) is 11.5 Å². The topological polar surface area (TPSA) is 61.3 Å². The zero-order valence-corrected chi connectivity index (χ0v) is 8.64. The number of alkyl halides is 6. The van der Waals surface area contributed by atoms with Crippen LogP contribution in [0.2, 0.25) is 0 Å². The highest BCUT2D eigenvalue weighted by molar-refractivity contribution is 5.54. The molecule has 18 heavy (non-hydrogen) atoms. The third-order valence-electron chi connectivity index (χ3n) is 1.98.